The number of likely N-dealkylation sites (N-methyl/N-ethyl adjacent to an activating group) is 1. The van der Waals surface area contributed by atoms with Gasteiger partial charge in [-0.15, -0.1) is 6.54 Å². The van der Waals surface area contributed by atoms with Gasteiger partial charge in [-0.1, -0.05) is 0 Å². The van der Waals surface area contributed by atoms with E-state index in [4.69, 9.17) is 0 Å². The fourth-order valence-electron chi connectivity index (χ4n) is 0.0722. The van der Waals surface area contributed by atoms with Crippen LogP contribution in [-0.2, 0) is 37.5 Å². The molecule has 0 rings (SSSR count). The summed E-state index contributed by atoms with van der Waals surface area (Å²) in [5.41, 5.74) is 0. The van der Waals surface area contributed by atoms with Gasteiger partial charge in [0, 0.05) is 32.7 Å². The van der Waals surface area contributed by atoms with Crippen molar-refractivity contribution in [3.63, 3.8) is 0 Å². The van der Waals surface area contributed by atoms with Crippen molar-refractivity contribution in [1.29, 1.82) is 0 Å². The van der Waals surface area contributed by atoms with Crippen molar-refractivity contribution < 1.29 is 37.5 Å². The number of nitrogens with one attached hydrogen (secondary N) is 1. The molecule has 3 heteroatoms. The number of carbonyl (C=O) groups excluding carboxylic acids is 1. The molecular weight excluding hydrogens is 155 g/mol. The Morgan fingerprint density at radius 2 is 2.33 bits per heavy atom. The molecule has 1 N–H and O–H groups in total. The summed E-state index contributed by atoms with van der Waals surface area (Å²) >= 11 is 0. The molecule has 0 bridgehead atoms. The monoisotopic (exact) mass is 161 g/mol. The van der Waals surface area contributed by atoms with Crippen LogP contribution in [0.2, 0.25) is 0 Å². The van der Waals surface area contributed by atoms with Crippen LogP contribution >= 0.6 is 0 Å². The zero-order valence-corrected chi connectivity index (χ0v) is 6.53. The molecule has 0 saturated heterocycles. The molecular formula is C3H6NOY-. The molecule has 0 aliphatic rings. The largest absolute Gasteiger partial charge is 0.541 e. The fourth-order valence-corrected chi connectivity index (χ4v) is 0.0722. The van der Waals surface area contributed by atoms with Gasteiger partial charge >= 0.3 is 0 Å². The summed E-state index contributed by atoms with van der Waals surface area (Å²) in [5.74, 6) is 0. The third kappa shape index (κ3) is 8.83. The SMILES string of the molecule is CNC[C-]=O.[Y]. The quantitative estimate of drug-likeness (QED) is 0.543. The van der Waals surface area contributed by atoms with Gasteiger partial charge in [-0.05, 0) is 7.05 Å². The van der Waals surface area contributed by atoms with Crippen LogP contribution in [0.15, 0.2) is 0 Å². The molecule has 0 aromatic heterocycles. The molecule has 0 heterocycles. The van der Waals surface area contributed by atoms with E-state index in [0.29, 0.717) is 6.54 Å². The molecule has 33 valence electrons. The molecule has 0 aromatic carbocycles. The van der Waals surface area contributed by atoms with Crippen LogP contribution in [0.3, 0.4) is 0 Å². The van der Waals surface area contributed by atoms with Gasteiger partial charge in [0.1, 0.15) is 0 Å². The van der Waals surface area contributed by atoms with E-state index >= 15 is 0 Å². The van der Waals surface area contributed by atoms with E-state index in [9.17, 15) is 4.79 Å². The van der Waals surface area contributed by atoms with Crippen LogP contribution in [0.5, 0.6) is 0 Å². The fraction of sp³-hybridized carbons (Fsp3) is 0.667. The molecule has 0 aliphatic carbocycles. The van der Waals surface area contributed by atoms with Gasteiger partial charge in [0.2, 0.25) is 0 Å². The van der Waals surface area contributed by atoms with Gasteiger partial charge in [0.25, 0.3) is 0 Å². The van der Waals surface area contributed by atoms with Crippen LogP contribution in [-0.4, -0.2) is 19.9 Å². The Labute approximate surface area is 62.6 Å². The first-order chi connectivity index (χ1) is 2.41. The molecule has 0 unspecified atom stereocenters. The zero-order valence-electron chi connectivity index (χ0n) is 3.69. The van der Waals surface area contributed by atoms with Crippen molar-refractivity contribution in [3.05, 3.63) is 0 Å². The summed E-state index contributed by atoms with van der Waals surface area (Å²) in [7, 11) is 1.70. The first-order valence-corrected chi connectivity index (χ1v) is 1.41. The standard InChI is InChI=1S/C3H6NO.Y/c1-4-2-3-5;/h4H,2H2,1H3;/q-1;. The second-order valence-electron chi connectivity index (χ2n) is 0.675. The van der Waals surface area contributed by atoms with Gasteiger partial charge < -0.3 is 10.1 Å². The Morgan fingerprint density at radius 1 is 1.83 bits per heavy atom. The predicted octanol–water partition coefficient (Wildman–Crippen LogP) is -0.687. The average molecular weight is 161 g/mol. The van der Waals surface area contributed by atoms with Gasteiger partial charge in [0.05, 0.1) is 0 Å². The van der Waals surface area contributed by atoms with Crippen molar-refractivity contribution in [2.45, 2.75) is 0 Å². The Kier molecular flexibility index (Phi) is 15.2. The van der Waals surface area contributed by atoms with Crippen molar-refractivity contribution >= 4 is 6.29 Å². The van der Waals surface area contributed by atoms with Crippen molar-refractivity contribution in [3.8, 4) is 0 Å². The van der Waals surface area contributed by atoms with E-state index in [0.717, 1.165) is 0 Å². The van der Waals surface area contributed by atoms with Crippen LogP contribution in [0.1, 0.15) is 0 Å². The Balaban J connectivity index is 0. The van der Waals surface area contributed by atoms with Crippen molar-refractivity contribution in [2.75, 3.05) is 13.6 Å². The summed E-state index contributed by atoms with van der Waals surface area (Å²) in [4.78, 5) is 9.22. The van der Waals surface area contributed by atoms with E-state index in [-0.39, 0.29) is 32.7 Å². The Morgan fingerprint density at radius 3 is 2.33 bits per heavy atom. The Hall–Kier alpha value is 0.734. The van der Waals surface area contributed by atoms with Crippen LogP contribution < -0.4 is 5.32 Å². The van der Waals surface area contributed by atoms with Gasteiger partial charge in [-0.2, -0.15) is 0 Å². The summed E-state index contributed by atoms with van der Waals surface area (Å²) < 4.78 is 0. The minimum atomic E-state index is 0. The first kappa shape index (κ1) is 9.88. The van der Waals surface area contributed by atoms with Gasteiger partial charge in [-0.3, -0.25) is 6.29 Å². The maximum atomic E-state index is 9.22. The van der Waals surface area contributed by atoms with Crippen LogP contribution in [0.4, 0.5) is 0 Å². The molecule has 0 aromatic rings. The van der Waals surface area contributed by atoms with Crippen molar-refractivity contribution in [2.24, 2.45) is 0 Å². The molecule has 0 amide bonds. The van der Waals surface area contributed by atoms with Crippen LogP contribution in [0.25, 0.3) is 0 Å². The molecule has 6 heavy (non-hydrogen) atoms. The number of hydrogen-bond donors (Lipinski definition) is 1. The van der Waals surface area contributed by atoms with E-state index in [1.54, 1.807) is 13.3 Å². The van der Waals surface area contributed by atoms with E-state index in [1.807, 2.05) is 0 Å². The number of rotatable bonds is 2. The van der Waals surface area contributed by atoms with E-state index in [2.05, 4.69) is 5.32 Å². The second-order valence-corrected chi connectivity index (χ2v) is 0.675. The third-order valence-electron chi connectivity index (χ3n) is 0.249. The summed E-state index contributed by atoms with van der Waals surface area (Å²) in [5, 5.41) is 2.59. The van der Waals surface area contributed by atoms with E-state index < -0.39 is 0 Å². The summed E-state index contributed by atoms with van der Waals surface area (Å²) in [6.45, 7) is 0.333. The summed E-state index contributed by atoms with van der Waals surface area (Å²) in [6.07, 6.45) is 1.66. The topological polar surface area (TPSA) is 29.1 Å². The maximum Gasteiger partial charge on any atom is 0 e. The van der Waals surface area contributed by atoms with Gasteiger partial charge in [0.15, 0.2) is 0 Å². The molecule has 0 aliphatic heterocycles. The van der Waals surface area contributed by atoms with Gasteiger partial charge in [-0.25, -0.2) is 0 Å². The Bertz CT molecular complexity index is 32.0. The molecule has 0 fully saturated rings. The minimum Gasteiger partial charge on any atom is -0.541 e. The molecule has 2 nitrogen and oxygen atoms in total. The number of hydrogen-bond acceptors (Lipinski definition) is 2. The first-order valence-electron chi connectivity index (χ1n) is 1.41. The molecule has 1 radical (unpaired) electrons. The molecule has 0 saturated carbocycles. The maximum absolute atomic E-state index is 9.22. The second kappa shape index (κ2) is 9.22. The average Bonchev–Trinajstić information content (AvgIpc) is 1.41. The summed E-state index contributed by atoms with van der Waals surface area (Å²) in [6, 6.07) is 0. The molecule has 0 spiro atoms. The normalized spacial score (nSPS) is 6.17. The smallest absolute Gasteiger partial charge is 0 e. The predicted molar refractivity (Wildman–Crippen MR) is 19.6 cm³/mol. The molecule has 0 atom stereocenters. The zero-order chi connectivity index (χ0) is 4.12. The van der Waals surface area contributed by atoms with E-state index in [1.165, 1.54) is 0 Å². The van der Waals surface area contributed by atoms with Crippen molar-refractivity contribution in [1.82, 2.24) is 5.32 Å². The third-order valence-corrected chi connectivity index (χ3v) is 0.249. The minimum absolute atomic E-state index is 0. The van der Waals surface area contributed by atoms with Crippen LogP contribution in [0, 0.1) is 0 Å².